The quantitative estimate of drug-likeness (QED) is 0.887. The number of pyridine rings is 1. The minimum atomic E-state index is -0.507. The maximum atomic E-state index is 11.4. The maximum Gasteiger partial charge on any atom is 0.408 e. The van der Waals surface area contributed by atoms with Crippen LogP contribution in [-0.2, 0) is 11.3 Å². The van der Waals surface area contributed by atoms with Crippen LogP contribution in [0.1, 0.15) is 11.3 Å². The fraction of sp³-hybridized carbons (Fsp3) is 0.125. The van der Waals surface area contributed by atoms with E-state index in [2.05, 4.69) is 22.1 Å². The predicted molar refractivity (Wildman–Crippen MR) is 80.8 cm³/mol. The first kappa shape index (κ1) is 14.9. The number of hydrogen-bond acceptors (Lipinski definition) is 3. The Morgan fingerprint density at radius 1 is 1.29 bits per heavy atom. The van der Waals surface area contributed by atoms with E-state index in [4.69, 9.17) is 16.3 Å². The van der Waals surface area contributed by atoms with Gasteiger partial charge < -0.3 is 10.1 Å². The molecule has 2 rings (SSSR count). The molecule has 21 heavy (non-hydrogen) atoms. The Labute approximate surface area is 128 Å². The number of alkyl carbamates (subject to hydrolysis) is 1. The standard InChI is InChI=1S/C16H13ClN2O2/c17-14-8-10-18-15(11-14)7-4-9-19-16(20)21-12-13-5-2-1-3-6-13/h1-3,5-6,8,10-11H,9,12H2,(H,19,20). The molecule has 1 aromatic heterocycles. The van der Waals surface area contributed by atoms with E-state index in [1.165, 1.54) is 0 Å². The van der Waals surface area contributed by atoms with E-state index < -0.39 is 6.09 Å². The summed E-state index contributed by atoms with van der Waals surface area (Å²) in [4.78, 5) is 15.5. The molecule has 0 aliphatic carbocycles. The lowest BCUT2D eigenvalue weighted by atomic mass is 10.2. The highest BCUT2D eigenvalue weighted by atomic mass is 35.5. The lowest BCUT2D eigenvalue weighted by Gasteiger charge is -2.04. The molecule has 0 radical (unpaired) electrons. The molecule has 0 saturated carbocycles. The molecule has 106 valence electrons. The van der Waals surface area contributed by atoms with Crippen molar-refractivity contribution >= 4 is 17.7 Å². The largest absolute Gasteiger partial charge is 0.445 e. The van der Waals surface area contributed by atoms with Gasteiger partial charge in [-0.25, -0.2) is 9.78 Å². The molecule has 1 amide bonds. The molecule has 0 atom stereocenters. The first-order chi connectivity index (χ1) is 10.2. The average molecular weight is 301 g/mol. The highest BCUT2D eigenvalue weighted by molar-refractivity contribution is 6.30. The normalized spacial score (nSPS) is 9.38. The highest BCUT2D eigenvalue weighted by Crippen LogP contribution is 2.06. The van der Waals surface area contributed by atoms with Crippen LogP contribution in [-0.4, -0.2) is 17.6 Å². The van der Waals surface area contributed by atoms with Gasteiger partial charge in [0, 0.05) is 11.2 Å². The van der Waals surface area contributed by atoms with Crippen molar-refractivity contribution in [1.82, 2.24) is 10.3 Å². The summed E-state index contributed by atoms with van der Waals surface area (Å²) >= 11 is 5.81. The van der Waals surface area contributed by atoms with Crippen LogP contribution in [0.15, 0.2) is 48.7 Å². The highest BCUT2D eigenvalue weighted by Gasteiger charge is 2.00. The summed E-state index contributed by atoms with van der Waals surface area (Å²) in [6.07, 6.45) is 1.07. The molecule has 2 aromatic rings. The van der Waals surface area contributed by atoms with E-state index >= 15 is 0 Å². The number of amides is 1. The fourth-order valence-electron chi connectivity index (χ4n) is 1.50. The summed E-state index contributed by atoms with van der Waals surface area (Å²) in [7, 11) is 0. The van der Waals surface area contributed by atoms with Crippen molar-refractivity contribution in [2.24, 2.45) is 0 Å². The molecule has 0 bridgehead atoms. The van der Waals surface area contributed by atoms with Crippen molar-refractivity contribution in [1.29, 1.82) is 0 Å². The summed E-state index contributed by atoms with van der Waals surface area (Å²) in [5.41, 5.74) is 1.49. The SMILES string of the molecule is O=C(NCC#Cc1cc(Cl)ccn1)OCc1ccccc1. The Kier molecular flexibility index (Phi) is 5.62. The average Bonchev–Trinajstić information content (AvgIpc) is 2.51. The van der Waals surface area contributed by atoms with Gasteiger partial charge in [0.1, 0.15) is 12.3 Å². The van der Waals surface area contributed by atoms with Gasteiger partial charge in [0.2, 0.25) is 0 Å². The van der Waals surface area contributed by atoms with Gasteiger partial charge in [-0.3, -0.25) is 0 Å². The molecule has 0 saturated heterocycles. The molecular formula is C16H13ClN2O2. The Balaban J connectivity index is 1.72. The topological polar surface area (TPSA) is 51.2 Å². The number of halogens is 1. The number of ether oxygens (including phenoxy) is 1. The summed E-state index contributed by atoms with van der Waals surface area (Å²) in [6.45, 7) is 0.414. The van der Waals surface area contributed by atoms with Crippen LogP contribution >= 0.6 is 11.6 Å². The van der Waals surface area contributed by atoms with Crippen LogP contribution in [0.5, 0.6) is 0 Å². The van der Waals surface area contributed by atoms with Crippen molar-refractivity contribution in [3.8, 4) is 11.8 Å². The lowest BCUT2D eigenvalue weighted by Crippen LogP contribution is -2.24. The number of nitrogens with zero attached hydrogens (tertiary/aromatic N) is 1. The van der Waals surface area contributed by atoms with Crippen LogP contribution in [0.25, 0.3) is 0 Å². The summed E-state index contributed by atoms with van der Waals surface area (Å²) < 4.78 is 5.04. The smallest absolute Gasteiger partial charge is 0.408 e. The predicted octanol–water partition coefficient (Wildman–Crippen LogP) is 3.01. The van der Waals surface area contributed by atoms with Gasteiger partial charge in [-0.05, 0) is 23.6 Å². The minimum Gasteiger partial charge on any atom is -0.445 e. The number of carbonyl (C=O) groups is 1. The van der Waals surface area contributed by atoms with Crippen LogP contribution in [0.4, 0.5) is 4.79 Å². The molecule has 4 nitrogen and oxygen atoms in total. The van der Waals surface area contributed by atoms with Crippen molar-refractivity contribution in [2.45, 2.75) is 6.61 Å². The molecule has 1 heterocycles. The third-order valence-electron chi connectivity index (χ3n) is 2.47. The van der Waals surface area contributed by atoms with Crippen LogP contribution in [0.2, 0.25) is 5.02 Å². The molecule has 1 N–H and O–H groups in total. The first-order valence-electron chi connectivity index (χ1n) is 6.29. The van der Waals surface area contributed by atoms with Crippen LogP contribution in [0, 0.1) is 11.8 Å². The van der Waals surface area contributed by atoms with Gasteiger partial charge in [-0.2, -0.15) is 0 Å². The van der Waals surface area contributed by atoms with Gasteiger partial charge in [0.25, 0.3) is 0 Å². The van der Waals surface area contributed by atoms with Gasteiger partial charge in [-0.1, -0.05) is 47.9 Å². The van der Waals surface area contributed by atoms with Crippen LogP contribution in [0.3, 0.4) is 0 Å². The van der Waals surface area contributed by atoms with E-state index in [0.717, 1.165) is 5.56 Å². The molecule has 5 heteroatoms. The molecule has 0 aliphatic heterocycles. The zero-order chi connectivity index (χ0) is 14.9. The number of benzene rings is 1. The van der Waals surface area contributed by atoms with Gasteiger partial charge in [0.05, 0.1) is 6.54 Å². The summed E-state index contributed by atoms with van der Waals surface area (Å²) in [5, 5.41) is 3.12. The second-order valence-corrected chi connectivity index (χ2v) is 4.51. The number of aromatic nitrogens is 1. The van der Waals surface area contributed by atoms with Gasteiger partial charge in [0.15, 0.2) is 0 Å². The minimum absolute atomic E-state index is 0.182. The van der Waals surface area contributed by atoms with E-state index in [0.29, 0.717) is 10.7 Å². The van der Waals surface area contributed by atoms with E-state index in [9.17, 15) is 4.79 Å². The van der Waals surface area contributed by atoms with Gasteiger partial charge >= 0.3 is 6.09 Å². The van der Waals surface area contributed by atoms with E-state index in [1.54, 1.807) is 18.3 Å². The molecular weight excluding hydrogens is 288 g/mol. The van der Waals surface area contributed by atoms with Crippen molar-refractivity contribution in [2.75, 3.05) is 6.54 Å². The van der Waals surface area contributed by atoms with Gasteiger partial charge in [-0.15, -0.1) is 0 Å². The zero-order valence-corrected chi connectivity index (χ0v) is 11.9. The van der Waals surface area contributed by atoms with E-state index in [1.807, 2.05) is 30.3 Å². The third-order valence-corrected chi connectivity index (χ3v) is 2.71. The lowest BCUT2D eigenvalue weighted by molar-refractivity contribution is 0.141. The number of hydrogen-bond donors (Lipinski definition) is 1. The number of rotatable bonds is 3. The Hall–Kier alpha value is -2.51. The maximum absolute atomic E-state index is 11.4. The second-order valence-electron chi connectivity index (χ2n) is 4.08. The number of carbonyl (C=O) groups excluding carboxylic acids is 1. The third kappa shape index (κ3) is 5.55. The fourth-order valence-corrected chi connectivity index (χ4v) is 1.66. The molecule has 0 spiro atoms. The Morgan fingerprint density at radius 3 is 2.86 bits per heavy atom. The second kappa shape index (κ2) is 7.93. The molecule has 0 unspecified atom stereocenters. The zero-order valence-electron chi connectivity index (χ0n) is 11.2. The number of nitrogens with one attached hydrogen (secondary N) is 1. The monoisotopic (exact) mass is 300 g/mol. The summed E-state index contributed by atoms with van der Waals surface area (Å²) in [5.74, 6) is 5.57. The summed E-state index contributed by atoms with van der Waals surface area (Å²) in [6, 6.07) is 12.8. The Bertz CT molecular complexity index is 663. The van der Waals surface area contributed by atoms with Crippen molar-refractivity contribution in [3.63, 3.8) is 0 Å². The van der Waals surface area contributed by atoms with Crippen LogP contribution < -0.4 is 5.32 Å². The Morgan fingerprint density at radius 2 is 2.10 bits per heavy atom. The first-order valence-corrected chi connectivity index (χ1v) is 6.67. The van der Waals surface area contributed by atoms with E-state index in [-0.39, 0.29) is 13.2 Å². The van der Waals surface area contributed by atoms with Crippen molar-refractivity contribution < 1.29 is 9.53 Å². The van der Waals surface area contributed by atoms with Crippen molar-refractivity contribution in [3.05, 3.63) is 64.9 Å². The molecule has 1 aromatic carbocycles. The molecule has 0 fully saturated rings. The molecule has 0 aliphatic rings.